The van der Waals surface area contributed by atoms with Gasteiger partial charge in [0.1, 0.15) is 30.5 Å². The van der Waals surface area contributed by atoms with Crippen LogP contribution in [0.25, 0.3) is 0 Å². The maximum atomic E-state index is 13.7. The molecule has 4 rings (SSSR count). The zero-order chi connectivity index (χ0) is 38.0. The number of nitrogens with one attached hydrogen (secondary N) is 7. The lowest BCUT2D eigenvalue weighted by Gasteiger charge is -2.23. The van der Waals surface area contributed by atoms with Crippen LogP contribution in [0.15, 0.2) is 97.5 Å². The number of rotatable bonds is 17. The van der Waals surface area contributed by atoms with Crippen molar-refractivity contribution in [2.24, 2.45) is 0 Å². The number of amides is 6. The van der Waals surface area contributed by atoms with Crippen LogP contribution >= 0.6 is 0 Å². The lowest BCUT2D eigenvalue weighted by molar-refractivity contribution is -0.133. The first-order valence-electron chi connectivity index (χ1n) is 16.8. The van der Waals surface area contributed by atoms with Gasteiger partial charge in [-0.3, -0.25) is 34.8 Å². The van der Waals surface area contributed by atoms with E-state index in [4.69, 9.17) is 4.74 Å². The summed E-state index contributed by atoms with van der Waals surface area (Å²) >= 11 is 0. The molecule has 0 radical (unpaired) electrons. The number of benzene rings is 3. The molecule has 0 saturated carbocycles. The number of carbonyl (C=O) groups excluding carboxylic acids is 6. The quantitative estimate of drug-likeness (QED) is 0.0727. The third-order valence-electron chi connectivity index (χ3n) is 7.81. The van der Waals surface area contributed by atoms with Crippen LogP contribution in [0.3, 0.4) is 0 Å². The van der Waals surface area contributed by atoms with Crippen molar-refractivity contribution in [3.05, 3.63) is 120 Å². The van der Waals surface area contributed by atoms with Crippen molar-refractivity contribution in [3.63, 3.8) is 0 Å². The maximum Gasteiger partial charge on any atom is 0.408 e. The number of hydrogen-bond donors (Lipinski definition) is 8. The minimum absolute atomic E-state index is 0.0144. The molecule has 3 atom stereocenters. The number of aromatic nitrogens is 2. The van der Waals surface area contributed by atoms with Gasteiger partial charge in [0.25, 0.3) is 5.91 Å². The summed E-state index contributed by atoms with van der Waals surface area (Å²) < 4.78 is 5.33. The number of hydrazine groups is 1. The van der Waals surface area contributed by atoms with Gasteiger partial charge in [-0.2, -0.15) is 0 Å². The first-order valence-corrected chi connectivity index (χ1v) is 16.8. The van der Waals surface area contributed by atoms with E-state index >= 15 is 0 Å². The number of nitrogens with zero attached hydrogens (tertiary/aromatic N) is 1. The molecule has 4 aromatic rings. The van der Waals surface area contributed by atoms with E-state index in [9.17, 15) is 33.9 Å². The number of H-pyrrole nitrogens is 1. The molecule has 16 nitrogen and oxygen atoms in total. The smallest absolute Gasteiger partial charge is 0.408 e. The van der Waals surface area contributed by atoms with E-state index in [1.165, 1.54) is 24.7 Å². The third kappa shape index (κ3) is 13.5. The fourth-order valence-corrected chi connectivity index (χ4v) is 4.98. The lowest BCUT2D eigenvalue weighted by atomic mass is 10.0. The average molecular weight is 727 g/mol. The van der Waals surface area contributed by atoms with Crippen LogP contribution in [0.5, 0.6) is 5.75 Å². The zero-order valence-corrected chi connectivity index (χ0v) is 29.0. The molecule has 16 heteroatoms. The molecule has 8 N–H and O–H groups in total. The Labute approximate surface area is 305 Å². The Morgan fingerprint density at radius 3 is 1.91 bits per heavy atom. The van der Waals surface area contributed by atoms with Crippen molar-refractivity contribution in [1.82, 2.24) is 42.1 Å². The van der Waals surface area contributed by atoms with Gasteiger partial charge in [-0.05, 0) is 28.8 Å². The summed E-state index contributed by atoms with van der Waals surface area (Å²) in [6.45, 7) is 1.01. The first kappa shape index (κ1) is 39.1. The number of phenolic OH excluding ortho intramolecular Hbond substituents is 1. The zero-order valence-electron chi connectivity index (χ0n) is 29.0. The number of hydrogen-bond acceptors (Lipinski definition) is 9. The molecule has 1 aromatic heterocycles. The number of imidazole rings is 1. The molecule has 53 heavy (non-hydrogen) atoms. The average Bonchev–Trinajstić information content (AvgIpc) is 3.69. The van der Waals surface area contributed by atoms with Crippen molar-refractivity contribution < 1.29 is 38.6 Å². The number of alkyl carbamates (subject to hydrolysis) is 1. The molecular weight excluding hydrogens is 684 g/mol. The van der Waals surface area contributed by atoms with Gasteiger partial charge in [-0.15, -0.1) is 0 Å². The Balaban J connectivity index is 1.43. The van der Waals surface area contributed by atoms with E-state index in [2.05, 4.69) is 42.1 Å². The molecular formula is C37H42N8O8. The molecule has 0 fully saturated rings. The van der Waals surface area contributed by atoms with E-state index in [0.29, 0.717) is 11.3 Å². The molecule has 0 aliphatic rings. The topological polar surface area (TPSA) is 233 Å². The Bertz CT molecular complexity index is 1810. The van der Waals surface area contributed by atoms with E-state index in [1.807, 2.05) is 6.07 Å². The third-order valence-corrected chi connectivity index (χ3v) is 7.81. The minimum atomic E-state index is -1.24. The van der Waals surface area contributed by atoms with Gasteiger partial charge >= 0.3 is 6.09 Å². The number of phenols is 1. The largest absolute Gasteiger partial charge is 0.508 e. The highest BCUT2D eigenvalue weighted by atomic mass is 16.5. The van der Waals surface area contributed by atoms with Crippen molar-refractivity contribution in [2.45, 2.75) is 57.3 Å². The van der Waals surface area contributed by atoms with Crippen LogP contribution in [-0.2, 0) is 54.6 Å². The number of aromatic amines is 1. The van der Waals surface area contributed by atoms with Gasteiger partial charge < -0.3 is 36.1 Å². The summed E-state index contributed by atoms with van der Waals surface area (Å²) in [5.41, 5.74) is 7.14. The molecule has 0 bridgehead atoms. The van der Waals surface area contributed by atoms with Crippen LogP contribution in [0, 0.1) is 0 Å². The van der Waals surface area contributed by atoms with Crippen molar-refractivity contribution >= 4 is 35.6 Å². The molecule has 0 spiro atoms. The van der Waals surface area contributed by atoms with Gasteiger partial charge in [0, 0.05) is 37.6 Å². The number of carbonyl (C=O) groups is 6. The predicted octanol–water partition coefficient (Wildman–Crippen LogP) is 1.08. The summed E-state index contributed by atoms with van der Waals surface area (Å²) in [6, 6.07) is 20.3. The van der Waals surface area contributed by atoms with Gasteiger partial charge in [0.05, 0.1) is 12.9 Å². The number of aromatic hydroxyl groups is 1. The molecule has 1 heterocycles. The first-order chi connectivity index (χ1) is 25.6. The summed E-state index contributed by atoms with van der Waals surface area (Å²) in [6.07, 6.45) is 2.15. The van der Waals surface area contributed by atoms with E-state index in [1.54, 1.807) is 73.7 Å². The second-order valence-electron chi connectivity index (χ2n) is 11.9. The maximum absolute atomic E-state index is 13.7. The minimum Gasteiger partial charge on any atom is -0.508 e. The molecule has 0 saturated heterocycles. The molecule has 0 aliphatic heterocycles. The van der Waals surface area contributed by atoms with Crippen LogP contribution in [0.4, 0.5) is 4.79 Å². The standard InChI is InChI=1S/C37H42N8O8/c1-2-32(47)44-45-36(51)30(17-24-9-5-3-6-10-24)41-33(48)21-39-34(49)31(19-27-20-38-23-40-27)42-35(50)29(18-25-13-15-28(46)16-14-25)43-37(52)53-22-26-11-7-4-8-12-26/h3-16,20,23,29-31,46H,2,17-19,21-22H2,1H3,(H,38,40)(H,39,49)(H,41,48)(H,42,50)(H,43,52)(H,44,47)(H,45,51)/t29-,30-,31+/m0/s1. The monoisotopic (exact) mass is 726 g/mol. The molecule has 0 unspecified atom stereocenters. The Morgan fingerprint density at radius 2 is 1.28 bits per heavy atom. The summed E-state index contributed by atoms with van der Waals surface area (Å²) in [7, 11) is 0. The molecule has 0 aliphatic carbocycles. The van der Waals surface area contributed by atoms with E-state index < -0.39 is 60.3 Å². The van der Waals surface area contributed by atoms with Crippen LogP contribution in [-0.4, -0.2) is 75.4 Å². The normalized spacial score (nSPS) is 12.2. The number of ether oxygens (including phenoxy) is 1. The van der Waals surface area contributed by atoms with Crippen LogP contribution < -0.4 is 32.1 Å². The predicted molar refractivity (Wildman–Crippen MR) is 191 cm³/mol. The van der Waals surface area contributed by atoms with Gasteiger partial charge in [-0.25, -0.2) is 9.78 Å². The fraction of sp³-hybridized carbons (Fsp3) is 0.270. The highest BCUT2D eigenvalue weighted by Gasteiger charge is 2.29. The van der Waals surface area contributed by atoms with Gasteiger partial charge in [0.15, 0.2) is 0 Å². The molecule has 3 aromatic carbocycles. The van der Waals surface area contributed by atoms with Gasteiger partial charge in [-0.1, -0.05) is 79.7 Å². The Hall–Kier alpha value is -6.71. The van der Waals surface area contributed by atoms with Crippen LogP contribution in [0.2, 0.25) is 0 Å². The summed E-state index contributed by atoms with van der Waals surface area (Å²) in [5.74, 6) is -3.26. The lowest BCUT2D eigenvalue weighted by Crippen LogP contribution is -2.57. The highest BCUT2D eigenvalue weighted by molar-refractivity contribution is 5.94. The summed E-state index contributed by atoms with van der Waals surface area (Å²) in [5, 5.41) is 20.0. The van der Waals surface area contributed by atoms with Crippen molar-refractivity contribution in [3.8, 4) is 5.75 Å². The van der Waals surface area contributed by atoms with Gasteiger partial charge in [0.2, 0.25) is 23.6 Å². The fourth-order valence-electron chi connectivity index (χ4n) is 4.98. The van der Waals surface area contributed by atoms with E-state index in [-0.39, 0.29) is 38.0 Å². The second-order valence-corrected chi connectivity index (χ2v) is 11.9. The summed E-state index contributed by atoms with van der Waals surface area (Å²) in [4.78, 5) is 84.6. The van der Waals surface area contributed by atoms with Crippen LogP contribution in [0.1, 0.15) is 35.7 Å². The Kier molecular flexibility index (Phi) is 14.9. The SMILES string of the molecule is CCC(=O)NNC(=O)[C@H](Cc1ccccc1)NC(=O)CNC(=O)[C@@H](Cc1cnc[nH]1)NC(=O)[C@H](Cc1ccc(O)cc1)NC(=O)OCc1ccccc1. The molecule has 278 valence electrons. The second kappa shape index (κ2) is 20.2. The molecule has 6 amide bonds. The van der Waals surface area contributed by atoms with E-state index in [0.717, 1.165) is 11.1 Å². The van der Waals surface area contributed by atoms with Crippen molar-refractivity contribution in [1.29, 1.82) is 0 Å². The van der Waals surface area contributed by atoms with Crippen molar-refractivity contribution in [2.75, 3.05) is 6.54 Å². The Morgan fingerprint density at radius 1 is 0.679 bits per heavy atom. The highest BCUT2D eigenvalue weighted by Crippen LogP contribution is 2.12.